The largest absolute Gasteiger partial charge is 0.481 e. The minimum absolute atomic E-state index is 0.0800. The quantitative estimate of drug-likeness (QED) is 0.338. The smallest absolute Gasteiger partial charge is 0.412 e. The van der Waals surface area contributed by atoms with Crippen LogP contribution in [0.1, 0.15) is 17.5 Å². The first kappa shape index (κ1) is 25.3. The second kappa shape index (κ2) is 12.8. The maximum absolute atomic E-state index is 12.9. The first-order valence-corrected chi connectivity index (χ1v) is 10.1. The number of aliphatic carboxylic acids is 1. The molecule has 0 saturated carbocycles. The van der Waals surface area contributed by atoms with Gasteiger partial charge in [-0.05, 0) is 11.1 Å². The van der Waals surface area contributed by atoms with Crippen molar-refractivity contribution >= 4 is 23.9 Å². The van der Waals surface area contributed by atoms with Crippen molar-refractivity contribution in [2.75, 3.05) is 13.8 Å². The molecule has 2 unspecified atom stereocenters. The Morgan fingerprint density at radius 2 is 1.55 bits per heavy atom. The van der Waals surface area contributed by atoms with E-state index in [0.29, 0.717) is 10.5 Å². The van der Waals surface area contributed by atoms with Crippen molar-refractivity contribution in [1.82, 2.24) is 10.2 Å². The molecule has 0 saturated heterocycles. The van der Waals surface area contributed by atoms with Crippen LogP contribution in [0.25, 0.3) is 0 Å². The van der Waals surface area contributed by atoms with Crippen LogP contribution in [0.5, 0.6) is 0 Å². The molecule has 0 aromatic heterocycles. The molecule has 2 rings (SSSR count). The van der Waals surface area contributed by atoms with Crippen molar-refractivity contribution < 1.29 is 38.9 Å². The third-order valence-electron chi connectivity index (χ3n) is 4.72. The van der Waals surface area contributed by atoms with E-state index in [1.165, 1.54) is 0 Å². The highest BCUT2D eigenvalue weighted by Crippen LogP contribution is 2.12. The highest BCUT2D eigenvalue weighted by molar-refractivity contribution is 5.92. The van der Waals surface area contributed by atoms with Crippen molar-refractivity contribution in [3.63, 3.8) is 0 Å². The van der Waals surface area contributed by atoms with Gasteiger partial charge in [-0.2, -0.15) is 0 Å². The number of benzene rings is 2. The van der Waals surface area contributed by atoms with Crippen LogP contribution in [0.3, 0.4) is 0 Å². The Balaban J connectivity index is 2.16. The maximum Gasteiger partial charge on any atom is 0.412 e. The van der Waals surface area contributed by atoms with Gasteiger partial charge in [-0.15, -0.1) is 0 Å². The summed E-state index contributed by atoms with van der Waals surface area (Å²) in [5.74, 6) is -3.08. The highest BCUT2D eigenvalue weighted by Gasteiger charge is 2.35. The van der Waals surface area contributed by atoms with Crippen LogP contribution < -0.4 is 5.32 Å². The van der Waals surface area contributed by atoms with E-state index in [-0.39, 0.29) is 13.0 Å². The molecule has 2 aromatic carbocycles. The third kappa shape index (κ3) is 7.93. The lowest BCUT2D eigenvalue weighted by Crippen LogP contribution is -2.55. The van der Waals surface area contributed by atoms with Gasteiger partial charge in [0, 0.05) is 6.42 Å². The minimum Gasteiger partial charge on any atom is -0.481 e. The molecule has 0 bridgehead atoms. The Morgan fingerprint density at radius 1 is 0.970 bits per heavy atom. The summed E-state index contributed by atoms with van der Waals surface area (Å²) in [5, 5.41) is 21.4. The average molecular weight is 458 g/mol. The Bertz CT molecular complexity index is 936. The second-order valence-electron chi connectivity index (χ2n) is 7.04. The summed E-state index contributed by atoms with van der Waals surface area (Å²) in [7, 11) is 1.15. The Kier molecular flexibility index (Phi) is 9.84. The number of aliphatic hydroxyl groups is 1. The number of carboxylic acid groups (broad SMARTS) is 1. The lowest BCUT2D eigenvalue weighted by Gasteiger charge is -2.28. The fraction of sp³-hybridized carbons (Fsp3) is 0.304. The zero-order valence-electron chi connectivity index (χ0n) is 18.0. The third-order valence-corrected chi connectivity index (χ3v) is 4.72. The summed E-state index contributed by atoms with van der Waals surface area (Å²) in [5.41, 5.74) is 1.39. The van der Waals surface area contributed by atoms with Gasteiger partial charge in [0.2, 0.25) is 5.91 Å². The Hall–Kier alpha value is -3.92. The summed E-state index contributed by atoms with van der Waals surface area (Å²) >= 11 is 0. The van der Waals surface area contributed by atoms with Crippen LogP contribution in [0.2, 0.25) is 0 Å². The van der Waals surface area contributed by atoms with Crippen molar-refractivity contribution in [1.29, 1.82) is 0 Å². The van der Waals surface area contributed by atoms with Gasteiger partial charge in [0.15, 0.2) is 0 Å². The molecule has 33 heavy (non-hydrogen) atoms. The van der Waals surface area contributed by atoms with Crippen molar-refractivity contribution in [2.24, 2.45) is 0 Å². The standard InChI is InChI=1S/C23H26N2O8/c1-32-22(30)18(12-16-8-4-2-5-9-16)24-21(29)19(13-20(27)28)25(15-26)23(31)33-14-17-10-6-3-7-11-17/h2-11,18-19,26H,12-15H2,1H3,(H,24,29)(H,27,28). The number of amides is 2. The predicted molar refractivity (Wildman–Crippen MR) is 116 cm³/mol. The fourth-order valence-electron chi connectivity index (χ4n) is 3.05. The molecule has 2 atom stereocenters. The summed E-state index contributed by atoms with van der Waals surface area (Å²) in [6.45, 7) is -1.11. The summed E-state index contributed by atoms with van der Waals surface area (Å²) in [4.78, 5) is 49.6. The summed E-state index contributed by atoms with van der Waals surface area (Å²) in [6.07, 6.45) is -1.82. The van der Waals surface area contributed by atoms with Gasteiger partial charge in [0.25, 0.3) is 0 Å². The zero-order valence-corrected chi connectivity index (χ0v) is 18.0. The maximum atomic E-state index is 12.9. The molecule has 0 radical (unpaired) electrons. The number of rotatable bonds is 11. The van der Waals surface area contributed by atoms with Crippen LogP contribution in [0.15, 0.2) is 60.7 Å². The van der Waals surface area contributed by atoms with E-state index in [0.717, 1.165) is 12.7 Å². The van der Waals surface area contributed by atoms with E-state index in [1.807, 2.05) is 0 Å². The van der Waals surface area contributed by atoms with Gasteiger partial charge in [-0.1, -0.05) is 60.7 Å². The molecule has 2 aromatic rings. The number of hydrogen-bond acceptors (Lipinski definition) is 7. The lowest BCUT2D eigenvalue weighted by molar-refractivity contribution is -0.146. The van der Waals surface area contributed by atoms with E-state index in [4.69, 9.17) is 9.47 Å². The molecule has 0 aliphatic carbocycles. The highest BCUT2D eigenvalue weighted by atomic mass is 16.6. The number of nitrogens with zero attached hydrogens (tertiary/aromatic N) is 1. The van der Waals surface area contributed by atoms with Crippen molar-refractivity contribution in [3.8, 4) is 0 Å². The molecule has 0 spiro atoms. The number of carbonyl (C=O) groups is 4. The van der Waals surface area contributed by atoms with Gasteiger partial charge in [-0.3, -0.25) is 14.5 Å². The number of carboxylic acids is 1. The Morgan fingerprint density at radius 3 is 2.06 bits per heavy atom. The number of aliphatic hydroxyl groups excluding tert-OH is 1. The lowest BCUT2D eigenvalue weighted by atomic mass is 10.0. The topological polar surface area (TPSA) is 142 Å². The van der Waals surface area contributed by atoms with E-state index in [2.05, 4.69) is 5.32 Å². The van der Waals surface area contributed by atoms with Crippen molar-refractivity contribution in [2.45, 2.75) is 31.5 Å². The SMILES string of the molecule is COC(=O)C(Cc1ccccc1)NC(=O)C(CC(=O)O)N(CO)C(=O)OCc1ccccc1. The van der Waals surface area contributed by atoms with Gasteiger partial charge in [0.1, 0.15) is 25.4 Å². The second-order valence-corrected chi connectivity index (χ2v) is 7.04. The zero-order chi connectivity index (χ0) is 24.2. The molecule has 0 fully saturated rings. The van der Waals surface area contributed by atoms with Crippen LogP contribution in [-0.2, 0) is 36.9 Å². The molecule has 2 amide bonds. The molecule has 10 nitrogen and oxygen atoms in total. The normalized spacial score (nSPS) is 12.2. The van der Waals surface area contributed by atoms with Crippen LogP contribution >= 0.6 is 0 Å². The van der Waals surface area contributed by atoms with Gasteiger partial charge in [-0.25, -0.2) is 9.59 Å². The molecule has 3 N–H and O–H groups in total. The van der Waals surface area contributed by atoms with E-state index in [9.17, 15) is 29.4 Å². The van der Waals surface area contributed by atoms with E-state index >= 15 is 0 Å². The first-order valence-electron chi connectivity index (χ1n) is 10.1. The monoisotopic (exact) mass is 458 g/mol. The predicted octanol–water partition coefficient (Wildman–Crippen LogP) is 1.32. The number of carbonyl (C=O) groups excluding carboxylic acids is 3. The number of hydrogen-bond donors (Lipinski definition) is 3. The molecular weight excluding hydrogens is 432 g/mol. The molecule has 0 heterocycles. The number of methoxy groups -OCH3 is 1. The van der Waals surface area contributed by atoms with E-state index in [1.54, 1.807) is 60.7 Å². The molecule has 176 valence electrons. The first-order chi connectivity index (χ1) is 15.8. The van der Waals surface area contributed by atoms with Crippen molar-refractivity contribution in [3.05, 3.63) is 71.8 Å². The fourth-order valence-corrected chi connectivity index (χ4v) is 3.05. The van der Waals surface area contributed by atoms with Gasteiger partial charge >= 0.3 is 18.0 Å². The van der Waals surface area contributed by atoms with Crippen LogP contribution in [-0.4, -0.2) is 65.0 Å². The summed E-state index contributed by atoms with van der Waals surface area (Å²) < 4.78 is 9.87. The number of nitrogens with one attached hydrogen (secondary N) is 1. The van der Waals surface area contributed by atoms with Crippen LogP contribution in [0.4, 0.5) is 4.79 Å². The molecule has 10 heteroatoms. The minimum atomic E-state index is -1.63. The van der Waals surface area contributed by atoms with Gasteiger partial charge in [0.05, 0.1) is 13.5 Å². The Labute approximate surface area is 190 Å². The number of ether oxygens (including phenoxy) is 2. The van der Waals surface area contributed by atoms with E-state index < -0.39 is 49.2 Å². The molecule has 0 aliphatic heterocycles. The number of esters is 1. The molecule has 0 aliphatic rings. The molecular formula is C23H26N2O8. The van der Waals surface area contributed by atoms with Crippen LogP contribution in [0, 0.1) is 0 Å². The van der Waals surface area contributed by atoms with Gasteiger partial charge < -0.3 is 25.0 Å². The summed E-state index contributed by atoms with van der Waals surface area (Å²) in [6, 6.07) is 14.7. The average Bonchev–Trinajstić information content (AvgIpc) is 2.82.